The molecule has 7 heteroatoms. The van der Waals surface area contributed by atoms with Crippen LogP contribution in [0, 0.1) is 5.82 Å². The van der Waals surface area contributed by atoms with Crippen molar-refractivity contribution in [2.24, 2.45) is 5.10 Å². The number of rotatable bonds is 7. The fourth-order valence-corrected chi connectivity index (χ4v) is 2.90. The van der Waals surface area contributed by atoms with Crippen molar-refractivity contribution in [3.05, 3.63) is 103 Å². The van der Waals surface area contributed by atoms with E-state index in [4.69, 9.17) is 4.74 Å². The van der Waals surface area contributed by atoms with Crippen LogP contribution in [0.4, 0.5) is 4.39 Å². The van der Waals surface area contributed by atoms with Crippen LogP contribution in [0.5, 0.6) is 5.75 Å². The van der Waals surface area contributed by atoms with Crippen LogP contribution in [0.3, 0.4) is 0 Å². The summed E-state index contributed by atoms with van der Waals surface area (Å²) in [6.45, 7) is -0.238. The molecule has 4 aromatic rings. The molecule has 1 N–H and O–H groups in total. The molecule has 0 aliphatic carbocycles. The van der Waals surface area contributed by atoms with Gasteiger partial charge in [0.1, 0.15) is 17.3 Å². The topological polar surface area (TPSA) is 68.5 Å². The van der Waals surface area contributed by atoms with Crippen molar-refractivity contribution < 1.29 is 13.9 Å². The van der Waals surface area contributed by atoms with Crippen LogP contribution in [0.25, 0.3) is 16.9 Å². The van der Waals surface area contributed by atoms with Gasteiger partial charge in [-0.05, 0) is 36.4 Å². The van der Waals surface area contributed by atoms with Gasteiger partial charge in [0.25, 0.3) is 5.91 Å². The average molecular weight is 414 g/mol. The van der Waals surface area contributed by atoms with Crippen molar-refractivity contribution in [1.29, 1.82) is 0 Å². The van der Waals surface area contributed by atoms with Crippen LogP contribution in [0.2, 0.25) is 0 Å². The normalized spacial score (nSPS) is 10.9. The van der Waals surface area contributed by atoms with Gasteiger partial charge in [0.15, 0.2) is 6.61 Å². The first-order valence-corrected chi connectivity index (χ1v) is 9.60. The highest BCUT2D eigenvalue weighted by atomic mass is 19.1. The fraction of sp³-hybridized carbons (Fsp3) is 0.0417. The molecule has 31 heavy (non-hydrogen) atoms. The minimum atomic E-state index is -0.433. The maximum absolute atomic E-state index is 12.9. The first kappa shape index (κ1) is 20.0. The number of carbonyl (C=O) groups excluding carboxylic acids is 1. The number of ether oxygens (including phenoxy) is 1. The van der Waals surface area contributed by atoms with Crippen molar-refractivity contribution in [3.63, 3.8) is 0 Å². The maximum Gasteiger partial charge on any atom is 0.277 e. The van der Waals surface area contributed by atoms with Gasteiger partial charge in [-0.2, -0.15) is 10.2 Å². The minimum Gasteiger partial charge on any atom is -0.484 e. The molecule has 1 heterocycles. The number of carbonyl (C=O) groups is 1. The van der Waals surface area contributed by atoms with E-state index in [2.05, 4.69) is 15.6 Å². The van der Waals surface area contributed by atoms with Crippen LogP contribution in [-0.2, 0) is 4.79 Å². The second kappa shape index (κ2) is 9.49. The largest absolute Gasteiger partial charge is 0.484 e. The van der Waals surface area contributed by atoms with Crippen molar-refractivity contribution in [3.8, 4) is 22.7 Å². The third kappa shape index (κ3) is 5.22. The Bertz CT molecular complexity index is 1170. The maximum atomic E-state index is 12.9. The summed E-state index contributed by atoms with van der Waals surface area (Å²) in [5.74, 6) is -0.403. The van der Waals surface area contributed by atoms with Crippen LogP contribution < -0.4 is 10.2 Å². The number of halogens is 1. The lowest BCUT2D eigenvalue weighted by atomic mass is 10.1. The van der Waals surface area contributed by atoms with E-state index >= 15 is 0 Å². The van der Waals surface area contributed by atoms with E-state index in [1.807, 2.05) is 66.9 Å². The Morgan fingerprint density at radius 1 is 1.00 bits per heavy atom. The Kier molecular flexibility index (Phi) is 6.13. The van der Waals surface area contributed by atoms with Crippen LogP contribution >= 0.6 is 0 Å². The zero-order valence-electron chi connectivity index (χ0n) is 16.5. The van der Waals surface area contributed by atoms with E-state index in [0.29, 0.717) is 5.75 Å². The molecule has 4 rings (SSSR count). The van der Waals surface area contributed by atoms with Gasteiger partial charge in [-0.25, -0.2) is 14.5 Å². The molecule has 154 valence electrons. The number of hydrogen-bond donors (Lipinski definition) is 1. The quantitative estimate of drug-likeness (QED) is 0.364. The molecule has 0 unspecified atom stereocenters. The number of para-hydroxylation sites is 1. The fourth-order valence-electron chi connectivity index (χ4n) is 2.90. The Hall–Kier alpha value is -4.26. The van der Waals surface area contributed by atoms with Gasteiger partial charge in [-0.3, -0.25) is 4.79 Å². The number of amides is 1. The van der Waals surface area contributed by atoms with E-state index in [0.717, 1.165) is 22.5 Å². The lowest BCUT2D eigenvalue weighted by Crippen LogP contribution is -2.24. The summed E-state index contributed by atoms with van der Waals surface area (Å²) in [4.78, 5) is 12.0. The molecule has 1 aromatic heterocycles. The van der Waals surface area contributed by atoms with E-state index in [1.165, 1.54) is 24.3 Å². The number of hydrazone groups is 1. The molecule has 0 atom stereocenters. The molecule has 0 spiro atoms. The van der Waals surface area contributed by atoms with Crippen LogP contribution in [0.1, 0.15) is 5.56 Å². The number of nitrogens with zero attached hydrogens (tertiary/aromatic N) is 3. The Labute approximate surface area is 178 Å². The lowest BCUT2D eigenvalue weighted by Gasteiger charge is -2.04. The van der Waals surface area contributed by atoms with E-state index in [-0.39, 0.29) is 12.4 Å². The second-order valence-electron chi connectivity index (χ2n) is 6.61. The molecular formula is C24H19FN4O2. The molecule has 0 saturated heterocycles. The molecule has 0 radical (unpaired) electrons. The van der Waals surface area contributed by atoms with Crippen molar-refractivity contribution in [1.82, 2.24) is 15.2 Å². The van der Waals surface area contributed by atoms with Crippen molar-refractivity contribution in [2.45, 2.75) is 0 Å². The summed E-state index contributed by atoms with van der Waals surface area (Å²) < 4.78 is 20.0. The van der Waals surface area contributed by atoms with Crippen molar-refractivity contribution >= 4 is 12.1 Å². The monoisotopic (exact) mass is 414 g/mol. The first-order chi connectivity index (χ1) is 15.2. The summed E-state index contributed by atoms with van der Waals surface area (Å²) in [6.07, 6.45) is 3.40. The Morgan fingerprint density at radius 2 is 1.68 bits per heavy atom. The highest BCUT2D eigenvalue weighted by Gasteiger charge is 2.11. The summed E-state index contributed by atoms with van der Waals surface area (Å²) >= 11 is 0. The summed E-state index contributed by atoms with van der Waals surface area (Å²) in [5, 5.41) is 8.73. The highest BCUT2D eigenvalue weighted by molar-refractivity contribution is 5.89. The first-order valence-electron chi connectivity index (χ1n) is 9.60. The second-order valence-corrected chi connectivity index (χ2v) is 6.61. The third-order valence-corrected chi connectivity index (χ3v) is 4.39. The zero-order chi connectivity index (χ0) is 21.5. The standard InChI is InChI=1S/C24H19FN4O2/c25-20-11-13-22(14-12-20)31-17-23(30)27-26-15-19-16-29(21-9-5-2-6-10-21)28-24(19)18-7-3-1-4-8-18/h1-16H,17H2,(H,27,30). The molecule has 1 amide bonds. The SMILES string of the molecule is O=C(COc1ccc(F)cc1)NN=Cc1cn(-c2ccccc2)nc1-c1ccccc1. The van der Waals surface area contributed by atoms with Crippen molar-refractivity contribution in [2.75, 3.05) is 6.61 Å². The molecule has 0 bridgehead atoms. The summed E-state index contributed by atoms with van der Waals surface area (Å²) in [7, 11) is 0. The van der Waals surface area contributed by atoms with Gasteiger partial charge in [-0.15, -0.1) is 0 Å². The molecular weight excluding hydrogens is 395 g/mol. The lowest BCUT2D eigenvalue weighted by molar-refractivity contribution is -0.123. The predicted molar refractivity (Wildman–Crippen MR) is 117 cm³/mol. The van der Waals surface area contributed by atoms with Gasteiger partial charge in [0.05, 0.1) is 11.9 Å². The molecule has 0 aliphatic heterocycles. The average Bonchev–Trinajstić information content (AvgIpc) is 3.24. The third-order valence-electron chi connectivity index (χ3n) is 4.39. The van der Waals surface area contributed by atoms with Crippen LogP contribution in [0.15, 0.2) is 96.2 Å². The zero-order valence-corrected chi connectivity index (χ0v) is 16.5. The number of nitrogens with one attached hydrogen (secondary N) is 1. The van der Waals surface area contributed by atoms with E-state index in [9.17, 15) is 9.18 Å². The number of benzene rings is 3. The van der Waals surface area contributed by atoms with Crippen LogP contribution in [-0.4, -0.2) is 28.5 Å². The molecule has 3 aromatic carbocycles. The molecule has 6 nitrogen and oxygen atoms in total. The van der Waals surface area contributed by atoms with E-state index in [1.54, 1.807) is 10.9 Å². The Balaban J connectivity index is 1.47. The molecule has 0 fully saturated rings. The molecule has 0 aliphatic rings. The van der Waals surface area contributed by atoms with Gasteiger partial charge in [-0.1, -0.05) is 48.5 Å². The Morgan fingerprint density at radius 3 is 2.39 bits per heavy atom. The summed E-state index contributed by atoms with van der Waals surface area (Å²) in [5.41, 5.74) is 5.77. The van der Waals surface area contributed by atoms with Gasteiger partial charge in [0.2, 0.25) is 0 Å². The van der Waals surface area contributed by atoms with Gasteiger partial charge in [0, 0.05) is 17.3 Å². The molecule has 0 saturated carbocycles. The van der Waals surface area contributed by atoms with Gasteiger partial charge >= 0.3 is 0 Å². The predicted octanol–water partition coefficient (Wildman–Crippen LogP) is 4.21. The number of hydrogen-bond acceptors (Lipinski definition) is 4. The van der Waals surface area contributed by atoms with Gasteiger partial charge < -0.3 is 4.74 Å². The highest BCUT2D eigenvalue weighted by Crippen LogP contribution is 2.22. The minimum absolute atomic E-state index is 0.238. The number of aromatic nitrogens is 2. The smallest absolute Gasteiger partial charge is 0.277 e. The van der Waals surface area contributed by atoms with E-state index < -0.39 is 5.91 Å². The summed E-state index contributed by atoms with van der Waals surface area (Å²) in [6, 6.07) is 24.9.